The zero-order valence-electron chi connectivity index (χ0n) is 18.2. The van der Waals surface area contributed by atoms with Gasteiger partial charge in [-0.1, -0.05) is 23.7 Å². The average molecular weight is 494 g/mol. The number of amides is 2. The first-order chi connectivity index (χ1) is 15.8. The van der Waals surface area contributed by atoms with E-state index in [1.165, 1.54) is 11.0 Å². The number of piperidine rings is 2. The van der Waals surface area contributed by atoms with Gasteiger partial charge in [0.2, 0.25) is 21.8 Å². The van der Waals surface area contributed by atoms with E-state index >= 15 is 0 Å². The first kappa shape index (κ1) is 23.9. The first-order valence-electron chi connectivity index (χ1n) is 11.2. The maximum absolute atomic E-state index is 13.0. The van der Waals surface area contributed by atoms with E-state index in [1.54, 1.807) is 35.2 Å². The first-order valence-corrected chi connectivity index (χ1v) is 13.0. The molecule has 10 heteroatoms. The molecule has 0 radical (unpaired) electrons. The van der Waals surface area contributed by atoms with Crippen molar-refractivity contribution in [3.05, 3.63) is 41.4 Å². The third-order valence-corrected chi connectivity index (χ3v) is 8.07. The van der Waals surface area contributed by atoms with Gasteiger partial charge in [0.15, 0.2) is 0 Å². The van der Waals surface area contributed by atoms with Gasteiger partial charge in [0.25, 0.3) is 0 Å². The van der Waals surface area contributed by atoms with E-state index < -0.39 is 16.1 Å². The van der Waals surface area contributed by atoms with Gasteiger partial charge in [0.1, 0.15) is 6.04 Å². The SMILES string of the molecule is O=C(CN1CCCC(NS(=O)(=O)c2ccc3cc(Cl)ccc3c2)C1=O)N1CCCC(CO)C1. The van der Waals surface area contributed by atoms with E-state index in [1.807, 2.05) is 0 Å². The molecule has 0 bridgehead atoms. The molecule has 2 unspecified atom stereocenters. The summed E-state index contributed by atoms with van der Waals surface area (Å²) in [6.45, 7) is 1.47. The maximum Gasteiger partial charge on any atom is 0.242 e. The fraction of sp³-hybridized carbons (Fsp3) is 0.478. The molecule has 2 aromatic rings. The Balaban J connectivity index is 1.43. The Morgan fingerprint density at radius 1 is 1.09 bits per heavy atom. The van der Waals surface area contributed by atoms with Crippen LogP contribution in [0.4, 0.5) is 0 Å². The van der Waals surface area contributed by atoms with Crippen LogP contribution < -0.4 is 4.72 Å². The number of hydrogen-bond acceptors (Lipinski definition) is 5. The van der Waals surface area contributed by atoms with Crippen LogP contribution in [0.1, 0.15) is 25.7 Å². The number of benzene rings is 2. The standard InChI is InChI=1S/C23H28ClN3O5S/c24-19-7-5-18-12-20(8-6-17(18)11-19)33(31,32)25-21-4-2-10-27(23(21)30)14-22(29)26-9-1-3-16(13-26)15-28/h5-8,11-12,16,21,25,28H,1-4,9-10,13-15H2. The van der Waals surface area contributed by atoms with E-state index in [-0.39, 0.29) is 35.8 Å². The summed E-state index contributed by atoms with van der Waals surface area (Å²) in [5.74, 6) is -0.489. The molecule has 178 valence electrons. The number of carbonyl (C=O) groups excluding carboxylic acids is 2. The van der Waals surface area contributed by atoms with Crippen LogP contribution in [-0.2, 0) is 19.6 Å². The lowest BCUT2D eigenvalue weighted by molar-refractivity contribution is -0.144. The molecule has 0 spiro atoms. The Morgan fingerprint density at radius 2 is 1.82 bits per heavy atom. The molecule has 2 N–H and O–H groups in total. The van der Waals surface area contributed by atoms with E-state index in [4.69, 9.17) is 11.6 Å². The highest BCUT2D eigenvalue weighted by atomic mass is 35.5. The summed E-state index contributed by atoms with van der Waals surface area (Å²) < 4.78 is 28.5. The number of nitrogens with zero attached hydrogens (tertiary/aromatic N) is 2. The molecule has 2 aromatic carbocycles. The van der Waals surface area contributed by atoms with Crippen molar-refractivity contribution in [3.8, 4) is 0 Å². The second kappa shape index (κ2) is 9.97. The Bertz CT molecular complexity index is 1160. The van der Waals surface area contributed by atoms with Crippen molar-refractivity contribution in [3.63, 3.8) is 0 Å². The quantitative estimate of drug-likeness (QED) is 0.640. The van der Waals surface area contributed by atoms with Crippen molar-refractivity contribution < 1.29 is 23.1 Å². The number of halogens is 1. The van der Waals surface area contributed by atoms with Crippen LogP contribution in [0.25, 0.3) is 10.8 Å². The summed E-state index contributed by atoms with van der Waals surface area (Å²) in [6, 6.07) is 9.01. The lowest BCUT2D eigenvalue weighted by Crippen LogP contribution is -2.55. The summed E-state index contributed by atoms with van der Waals surface area (Å²) >= 11 is 6.00. The number of fused-ring (bicyclic) bond motifs is 1. The van der Waals surface area contributed by atoms with Crippen LogP contribution in [0, 0.1) is 5.92 Å². The predicted molar refractivity (Wildman–Crippen MR) is 125 cm³/mol. The molecule has 0 saturated carbocycles. The van der Waals surface area contributed by atoms with Crippen molar-refractivity contribution in [2.75, 3.05) is 32.8 Å². The smallest absolute Gasteiger partial charge is 0.242 e. The van der Waals surface area contributed by atoms with E-state index in [9.17, 15) is 23.1 Å². The molecular weight excluding hydrogens is 466 g/mol. The molecule has 2 aliphatic heterocycles. The summed E-state index contributed by atoms with van der Waals surface area (Å²) in [5.41, 5.74) is 0. The van der Waals surface area contributed by atoms with Crippen molar-refractivity contribution in [1.82, 2.24) is 14.5 Å². The third-order valence-electron chi connectivity index (χ3n) is 6.37. The van der Waals surface area contributed by atoms with Crippen LogP contribution in [0.2, 0.25) is 5.02 Å². The number of aliphatic hydroxyl groups is 1. The lowest BCUT2D eigenvalue weighted by atomic mass is 9.99. The molecule has 2 fully saturated rings. The van der Waals surface area contributed by atoms with Gasteiger partial charge in [-0.05, 0) is 66.6 Å². The minimum atomic E-state index is -3.93. The molecule has 8 nitrogen and oxygen atoms in total. The van der Waals surface area contributed by atoms with E-state index in [0.29, 0.717) is 37.5 Å². The molecular formula is C23H28ClN3O5S. The Hall–Kier alpha value is -2.20. The minimum absolute atomic E-state index is 0.0398. The molecule has 0 aromatic heterocycles. The van der Waals surface area contributed by atoms with Gasteiger partial charge in [0, 0.05) is 31.3 Å². The van der Waals surface area contributed by atoms with Crippen LogP contribution in [0.15, 0.2) is 41.3 Å². The molecule has 2 atom stereocenters. The monoisotopic (exact) mass is 493 g/mol. The number of sulfonamides is 1. The zero-order valence-corrected chi connectivity index (χ0v) is 19.8. The number of likely N-dealkylation sites (tertiary alicyclic amines) is 2. The highest BCUT2D eigenvalue weighted by molar-refractivity contribution is 7.89. The molecule has 33 heavy (non-hydrogen) atoms. The molecule has 2 saturated heterocycles. The molecule has 0 aliphatic carbocycles. The van der Waals surface area contributed by atoms with Gasteiger partial charge < -0.3 is 14.9 Å². The van der Waals surface area contributed by atoms with Gasteiger partial charge in [-0.15, -0.1) is 0 Å². The number of nitrogens with one attached hydrogen (secondary N) is 1. The summed E-state index contributed by atoms with van der Waals surface area (Å²) in [7, 11) is -3.93. The van der Waals surface area contributed by atoms with Gasteiger partial charge in [-0.3, -0.25) is 9.59 Å². The van der Waals surface area contributed by atoms with Crippen LogP contribution in [0.5, 0.6) is 0 Å². The third kappa shape index (κ3) is 5.48. The molecule has 2 aliphatic rings. The fourth-order valence-electron chi connectivity index (χ4n) is 4.53. The number of aliphatic hydroxyl groups excluding tert-OH is 1. The zero-order chi connectivity index (χ0) is 23.6. The van der Waals surface area contributed by atoms with Crippen molar-refractivity contribution in [2.24, 2.45) is 5.92 Å². The number of carbonyl (C=O) groups is 2. The largest absolute Gasteiger partial charge is 0.396 e. The summed E-state index contributed by atoms with van der Waals surface area (Å²) in [4.78, 5) is 28.9. The summed E-state index contributed by atoms with van der Waals surface area (Å²) in [6.07, 6.45) is 2.68. The topological polar surface area (TPSA) is 107 Å². The predicted octanol–water partition coefficient (Wildman–Crippen LogP) is 1.99. The average Bonchev–Trinajstić information content (AvgIpc) is 2.81. The minimum Gasteiger partial charge on any atom is -0.396 e. The van der Waals surface area contributed by atoms with Gasteiger partial charge in [-0.25, -0.2) is 8.42 Å². The number of rotatable bonds is 6. The number of hydrogen-bond donors (Lipinski definition) is 2. The highest BCUT2D eigenvalue weighted by Gasteiger charge is 2.34. The molecule has 2 heterocycles. The van der Waals surface area contributed by atoms with E-state index in [0.717, 1.165) is 23.6 Å². The Kier molecular flexibility index (Phi) is 7.23. The second-order valence-electron chi connectivity index (χ2n) is 8.76. The fourth-order valence-corrected chi connectivity index (χ4v) is 5.97. The molecule has 2 amide bonds. The van der Waals surface area contributed by atoms with Gasteiger partial charge in [-0.2, -0.15) is 4.72 Å². The van der Waals surface area contributed by atoms with Crippen LogP contribution in [-0.4, -0.2) is 74.0 Å². The summed E-state index contributed by atoms with van der Waals surface area (Å²) in [5, 5.41) is 11.5. The van der Waals surface area contributed by atoms with Crippen molar-refractivity contribution in [1.29, 1.82) is 0 Å². The Labute approximate surface area is 198 Å². The lowest BCUT2D eigenvalue weighted by Gasteiger charge is -2.36. The van der Waals surface area contributed by atoms with Gasteiger partial charge in [0.05, 0.1) is 11.4 Å². The van der Waals surface area contributed by atoms with E-state index in [2.05, 4.69) is 4.72 Å². The highest BCUT2D eigenvalue weighted by Crippen LogP contribution is 2.24. The van der Waals surface area contributed by atoms with Gasteiger partial charge >= 0.3 is 0 Å². The Morgan fingerprint density at radius 3 is 2.61 bits per heavy atom. The molecule has 4 rings (SSSR count). The van der Waals surface area contributed by atoms with Crippen molar-refractivity contribution >= 4 is 44.2 Å². The van der Waals surface area contributed by atoms with Crippen LogP contribution in [0.3, 0.4) is 0 Å². The maximum atomic E-state index is 13.0. The van der Waals surface area contributed by atoms with Crippen molar-refractivity contribution in [2.45, 2.75) is 36.6 Å². The second-order valence-corrected chi connectivity index (χ2v) is 10.9. The normalized spacial score (nSPS) is 22.1. The van der Waals surface area contributed by atoms with Crippen LogP contribution >= 0.6 is 11.6 Å².